The second-order valence-corrected chi connectivity index (χ2v) is 12.1. The molecule has 1 amide bonds. The Balaban J connectivity index is 1.49. The van der Waals surface area contributed by atoms with Gasteiger partial charge in [0.15, 0.2) is 0 Å². The van der Waals surface area contributed by atoms with Gasteiger partial charge in [0, 0.05) is 23.7 Å². The van der Waals surface area contributed by atoms with Crippen molar-refractivity contribution in [3.8, 4) is 11.1 Å². The number of aliphatic hydroxyl groups is 1. The van der Waals surface area contributed by atoms with Gasteiger partial charge >= 0.3 is 0 Å². The SMILES string of the molecule is CCS(=O)(=O)NC1C2CC2N(C(=O)[C@@H](O)C2CCC2)C1Cc1cccc(-c2cc(F)cc(F)c2)c1F. The lowest BCUT2D eigenvalue weighted by molar-refractivity contribution is -0.147. The van der Waals surface area contributed by atoms with Crippen molar-refractivity contribution in [3.63, 3.8) is 0 Å². The molecule has 5 atom stereocenters. The van der Waals surface area contributed by atoms with Gasteiger partial charge in [0.1, 0.15) is 23.6 Å². The Bertz CT molecular complexity index is 1260. The number of piperidine rings is 1. The Hall–Kier alpha value is -2.43. The number of sulfonamides is 1. The number of likely N-dealkylation sites (tertiary alicyclic amines) is 1. The quantitative estimate of drug-likeness (QED) is 0.557. The van der Waals surface area contributed by atoms with Crippen LogP contribution in [0.2, 0.25) is 0 Å². The van der Waals surface area contributed by atoms with Crippen molar-refractivity contribution in [2.75, 3.05) is 5.75 Å². The zero-order valence-electron chi connectivity index (χ0n) is 19.8. The summed E-state index contributed by atoms with van der Waals surface area (Å²) < 4.78 is 70.8. The third kappa shape index (κ3) is 4.66. The van der Waals surface area contributed by atoms with Crippen LogP contribution in [0.25, 0.3) is 11.1 Å². The number of carbonyl (C=O) groups excluding carboxylic acids is 1. The van der Waals surface area contributed by atoms with E-state index in [4.69, 9.17) is 0 Å². The molecular weight excluding hydrogens is 493 g/mol. The number of fused-ring (bicyclic) bond motifs is 1. The van der Waals surface area contributed by atoms with Gasteiger partial charge in [-0.2, -0.15) is 0 Å². The molecule has 2 aliphatic carbocycles. The van der Waals surface area contributed by atoms with Crippen LogP contribution < -0.4 is 4.72 Å². The Morgan fingerprint density at radius 1 is 1.17 bits per heavy atom. The van der Waals surface area contributed by atoms with Crippen LogP contribution >= 0.6 is 0 Å². The van der Waals surface area contributed by atoms with Gasteiger partial charge in [-0.3, -0.25) is 4.79 Å². The topological polar surface area (TPSA) is 86.7 Å². The first-order chi connectivity index (χ1) is 17.1. The molecule has 4 unspecified atom stereocenters. The van der Waals surface area contributed by atoms with Gasteiger partial charge in [0.2, 0.25) is 10.0 Å². The van der Waals surface area contributed by atoms with Crippen LogP contribution in [0.3, 0.4) is 0 Å². The lowest BCUT2D eigenvalue weighted by Gasteiger charge is -2.37. The molecule has 194 valence electrons. The van der Waals surface area contributed by atoms with Crippen LogP contribution in [-0.4, -0.2) is 54.3 Å². The molecule has 0 spiro atoms. The van der Waals surface area contributed by atoms with E-state index in [9.17, 15) is 27.1 Å². The lowest BCUT2D eigenvalue weighted by Crippen LogP contribution is -2.54. The molecular formula is C26H29F3N2O4S. The fraction of sp³-hybridized carbons (Fsp3) is 0.500. The number of carbonyl (C=O) groups is 1. The van der Waals surface area contributed by atoms with Crippen molar-refractivity contribution in [1.29, 1.82) is 0 Å². The third-order valence-electron chi connectivity index (χ3n) is 7.88. The Morgan fingerprint density at radius 3 is 2.47 bits per heavy atom. The maximum Gasteiger partial charge on any atom is 0.252 e. The Labute approximate surface area is 208 Å². The molecule has 3 aliphatic rings. The van der Waals surface area contributed by atoms with Crippen molar-refractivity contribution in [1.82, 2.24) is 9.62 Å². The molecule has 0 bridgehead atoms. The van der Waals surface area contributed by atoms with Crippen LogP contribution in [0.1, 0.15) is 38.2 Å². The number of nitrogens with one attached hydrogen (secondary N) is 1. The molecule has 1 heterocycles. The number of hydrogen-bond donors (Lipinski definition) is 2. The molecule has 2 aromatic carbocycles. The highest BCUT2D eigenvalue weighted by Crippen LogP contribution is 2.50. The number of hydrogen-bond acceptors (Lipinski definition) is 4. The Morgan fingerprint density at radius 2 is 1.86 bits per heavy atom. The van der Waals surface area contributed by atoms with E-state index in [1.165, 1.54) is 19.1 Å². The first-order valence-corrected chi connectivity index (χ1v) is 14.0. The van der Waals surface area contributed by atoms with E-state index in [1.54, 1.807) is 11.0 Å². The predicted octanol–water partition coefficient (Wildman–Crippen LogP) is 3.38. The molecule has 3 fully saturated rings. The summed E-state index contributed by atoms with van der Waals surface area (Å²) in [5.41, 5.74) is 0.241. The number of nitrogens with zero attached hydrogens (tertiary/aromatic N) is 1. The third-order valence-corrected chi connectivity index (χ3v) is 9.27. The molecule has 2 aromatic rings. The summed E-state index contributed by atoms with van der Waals surface area (Å²) >= 11 is 0. The van der Waals surface area contributed by atoms with Gasteiger partial charge in [0.05, 0.1) is 11.8 Å². The highest BCUT2D eigenvalue weighted by molar-refractivity contribution is 7.89. The highest BCUT2D eigenvalue weighted by Gasteiger charge is 2.61. The fourth-order valence-corrected chi connectivity index (χ4v) is 6.54. The molecule has 0 radical (unpaired) electrons. The van der Waals surface area contributed by atoms with Crippen LogP contribution in [0, 0.1) is 29.3 Å². The van der Waals surface area contributed by atoms with E-state index in [-0.39, 0.29) is 46.7 Å². The summed E-state index contributed by atoms with van der Waals surface area (Å²) in [5, 5.41) is 10.7. The molecule has 1 aliphatic heterocycles. The largest absolute Gasteiger partial charge is 0.383 e. The van der Waals surface area contributed by atoms with Gasteiger partial charge in [-0.25, -0.2) is 26.3 Å². The van der Waals surface area contributed by atoms with E-state index in [0.29, 0.717) is 12.5 Å². The molecule has 36 heavy (non-hydrogen) atoms. The van der Waals surface area contributed by atoms with E-state index < -0.39 is 51.6 Å². The maximum absolute atomic E-state index is 15.7. The molecule has 0 aromatic heterocycles. The molecule has 5 rings (SSSR count). The van der Waals surface area contributed by atoms with E-state index in [2.05, 4.69) is 4.72 Å². The molecule has 10 heteroatoms. The highest BCUT2D eigenvalue weighted by atomic mass is 32.2. The minimum Gasteiger partial charge on any atom is -0.383 e. The van der Waals surface area contributed by atoms with Crippen LogP contribution in [0.15, 0.2) is 36.4 Å². The van der Waals surface area contributed by atoms with Gasteiger partial charge in [-0.1, -0.05) is 24.6 Å². The minimum atomic E-state index is -3.61. The summed E-state index contributed by atoms with van der Waals surface area (Å²) in [6.07, 6.45) is 1.89. The van der Waals surface area contributed by atoms with Crippen LogP contribution in [0.4, 0.5) is 13.2 Å². The van der Waals surface area contributed by atoms with Crippen molar-refractivity contribution in [2.45, 2.75) is 63.3 Å². The second-order valence-electron chi connectivity index (χ2n) is 10.1. The normalized spacial score (nSPS) is 26.4. The van der Waals surface area contributed by atoms with Gasteiger partial charge in [0.25, 0.3) is 5.91 Å². The van der Waals surface area contributed by atoms with Gasteiger partial charge in [-0.15, -0.1) is 0 Å². The maximum atomic E-state index is 15.7. The number of aliphatic hydroxyl groups excluding tert-OH is 1. The summed E-state index contributed by atoms with van der Waals surface area (Å²) in [6.45, 7) is 1.52. The smallest absolute Gasteiger partial charge is 0.252 e. The number of benzene rings is 2. The van der Waals surface area contributed by atoms with Crippen molar-refractivity contribution >= 4 is 15.9 Å². The standard InChI is InChI=1S/C26H29F3N2O4S/c1-2-36(34,35)30-24-20-13-21(20)31(26(33)25(32)14-5-3-6-14)22(24)11-15-7-4-8-19(23(15)29)16-9-17(27)12-18(28)10-16/h4,7-10,12,14,20-22,24-25,30,32H,2-3,5-6,11,13H2,1H3/t20?,21?,22?,24?,25-/m0/s1. The van der Waals surface area contributed by atoms with Crippen LogP contribution in [0.5, 0.6) is 0 Å². The van der Waals surface area contributed by atoms with E-state index in [0.717, 1.165) is 31.4 Å². The summed E-state index contributed by atoms with van der Waals surface area (Å²) in [4.78, 5) is 14.9. The molecule has 6 nitrogen and oxygen atoms in total. The van der Waals surface area contributed by atoms with Crippen LogP contribution in [-0.2, 0) is 21.2 Å². The first kappa shape index (κ1) is 25.2. The van der Waals surface area contributed by atoms with Crippen molar-refractivity contribution in [2.24, 2.45) is 11.8 Å². The Kier molecular flexibility index (Phi) is 6.63. The summed E-state index contributed by atoms with van der Waals surface area (Å²) in [6, 6.07) is 5.75. The molecule has 2 N–H and O–H groups in total. The number of amides is 1. The molecule has 2 saturated carbocycles. The zero-order valence-corrected chi connectivity index (χ0v) is 20.6. The average molecular weight is 523 g/mol. The summed E-state index contributed by atoms with van der Waals surface area (Å²) in [5.74, 6) is -3.17. The van der Waals surface area contributed by atoms with E-state index in [1.807, 2.05) is 0 Å². The van der Waals surface area contributed by atoms with Crippen molar-refractivity contribution in [3.05, 3.63) is 59.4 Å². The average Bonchev–Trinajstić information content (AvgIpc) is 3.51. The first-order valence-electron chi connectivity index (χ1n) is 12.3. The number of halogens is 3. The van der Waals surface area contributed by atoms with Crippen molar-refractivity contribution < 1.29 is 31.5 Å². The number of rotatable bonds is 8. The monoisotopic (exact) mass is 522 g/mol. The summed E-state index contributed by atoms with van der Waals surface area (Å²) in [7, 11) is -3.61. The van der Waals surface area contributed by atoms with E-state index >= 15 is 4.39 Å². The minimum absolute atomic E-state index is 0.00660. The van der Waals surface area contributed by atoms with Gasteiger partial charge < -0.3 is 10.0 Å². The predicted molar refractivity (Wildman–Crippen MR) is 128 cm³/mol. The fourth-order valence-electron chi connectivity index (χ4n) is 5.62. The van der Waals surface area contributed by atoms with Gasteiger partial charge in [-0.05, 0) is 67.7 Å². The lowest BCUT2D eigenvalue weighted by atomic mass is 9.80. The second kappa shape index (κ2) is 9.46. The molecule has 1 saturated heterocycles. The zero-order chi connectivity index (χ0) is 25.8.